The molecule has 1 aliphatic heterocycles. The Hall–Kier alpha value is -0.780. The molecule has 0 spiro atoms. The molecule has 2 unspecified atom stereocenters. The molecule has 2 N–H and O–H groups in total. The lowest BCUT2D eigenvalue weighted by atomic mass is 9.85. The van der Waals surface area contributed by atoms with Gasteiger partial charge in [0.2, 0.25) is 5.91 Å². The molecule has 2 atom stereocenters. The van der Waals surface area contributed by atoms with E-state index in [1.807, 2.05) is 18.2 Å². The van der Waals surface area contributed by atoms with Crippen molar-refractivity contribution < 1.29 is 9.53 Å². The topological polar surface area (TPSA) is 50.4 Å². The van der Waals surface area contributed by atoms with E-state index in [4.69, 9.17) is 4.74 Å². The zero-order chi connectivity index (χ0) is 15.9. The second kappa shape index (κ2) is 10.2. The Balaban J connectivity index is 0.00000264. The molecule has 0 saturated carbocycles. The highest BCUT2D eigenvalue weighted by molar-refractivity contribution is 9.10. The highest BCUT2D eigenvalue weighted by Gasteiger charge is 2.21. The number of amides is 1. The molecule has 0 aliphatic carbocycles. The van der Waals surface area contributed by atoms with E-state index in [2.05, 4.69) is 33.5 Å². The molecule has 0 bridgehead atoms. The quantitative estimate of drug-likeness (QED) is 0.761. The lowest BCUT2D eigenvalue weighted by Crippen LogP contribution is -2.35. The van der Waals surface area contributed by atoms with Crippen molar-refractivity contribution in [2.75, 3.05) is 20.2 Å². The number of carbonyl (C=O) groups excluding carboxylic acids is 1. The second-order valence-electron chi connectivity index (χ2n) is 6.03. The Morgan fingerprint density at radius 3 is 2.91 bits per heavy atom. The Kier molecular flexibility index (Phi) is 8.95. The summed E-state index contributed by atoms with van der Waals surface area (Å²) in [4.78, 5) is 12.1. The highest BCUT2D eigenvalue weighted by atomic mass is 79.9. The van der Waals surface area contributed by atoms with E-state index >= 15 is 0 Å². The number of rotatable bonds is 6. The highest BCUT2D eigenvalue weighted by Crippen LogP contribution is 2.25. The first kappa shape index (κ1) is 20.3. The molecule has 6 heteroatoms. The van der Waals surface area contributed by atoms with Crippen molar-refractivity contribution in [3.63, 3.8) is 0 Å². The number of carbonyl (C=O) groups is 1. The van der Waals surface area contributed by atoms with Crippen molar-refractivity contribution in [2.45, 2.75) is 32.7 Å². The van der Waals surface area contributed by atoms with Crippen molar-refractivity contribution in [2.24, 2.45) is 11.8 Å². The summed E-state index contributed by atoms with van der Waals surface area (Å²) >= 11 is 3.46. The molecule has 23 heavy (non-hydrogen) atoms. The van der Waals surface area contributed by atoms with Crippen LogP contribution in [-0.2, 0) is 11.3 Å². The lowest BCUT2D eigenvalue weighted by Gasteiger charge is -2.28. The fourth-order valence-corrected chi connectivity index (χ4v) is 3.50. The summed E-state index contributed by atoms with van der Waals surface area (Å²) in [5, 5.41) is 6.43. The molecule has 2 rings (SSSR count). The first-order valence-corrected chi connectivity index (χ1v) is 8.69. The number of methoxy groups -OCH3 is 1. The molecule has 1 heterocycles. The van der Waals surface area contributed by atoms with Crippen molar-refractivity contribution >= 4 is 34.2 Å². The predicted octanol–water partition coefficient (Wildman–Crippen LogP) is 3.52. The van der Waals surface area contributed by atoms with Gasteiger partial charge in [-0.1, -0.05) is 13.0 Å². The molecule has 1 aromatic carbocycles. The third-order valence-corrected chi connectivity index (χ3v) is 4.97. The number of piperidine rings is 1. The maximum Gasteiger partial charge on any atom is 0.220 e. The zero-order valence-corrected chi connectivity index (χ0v) is 16.1. The summed E-state index contributed by atoms with van der Waals surface area (Å²) in [6.07, 6.45) is 3.05. The van der Waals surface area contributed by atoms with Gasteiger partial charge in [0.25, 0.3) is 0 Å². The van der Waals surface area contributed by atoms with Crippen molar-refractivity contribution in [1.82, 2.24) is 10.6 Å². The van der Waals surface area contributed by atoms with E-state index in [9.17, 15) is 4.79 Å². The van der Waals surface area contributed by atoms with Crippen molar-refractivity contribution in [1.29, 1.82) is 0 Å². The third-order valence-electron chi connectivity index (χ3n) is 4.35. The van der Waals surface area contributed by atoms with Gasteiger partial charge in [-0.25, -0.2) is 0 Å². The summed E-state index contributed by atoms with van der Waals surface area (Å²) in [5.41, 5.74) is 1.06. The molecule has 1 aliphatic rings. The molecular formula is C17H26BrClN2O2. The van der Waals surface area contributed by atoms with Crippen LogP contribution in [0.25, 0.3) is 0 Å². The molecule has 1 fully saturated rings. The average molecular weight is 406 g/mol. The Morgan fingerprint density at radius 2 is 2.30 bits per heavy atom. The predicted molar refractivity (Wildman–Crippen MR) is 99.2 cm³/mol. The number of hydrogen-bond acceptors (Lipinski definition) is 3. The lowest BCUT2D eigenvalue weighted by molar-refractivity contribution is -0.122. The van der Waals surface area contributed by atoms with Gasteiger partial charge in [-0.15, -0.1) is 12.4 Å². The van der Waals surface area contributed by atoms with Crippen LogP contribution in [0.4, 0.5) is 0 Å². The zero-order valence-electron chi connectivity index (χ0n) is 13.7. The largest absolute Gasteiger partial charge is 0.496 e. The minimum atomic E-state index is 0. The van der Waals surface area contributed by atoms with Gasteiger partial charge in [0.05, 0.1) is 11.6 Å². The van der Waals surface area contributed by atoms with Crippen LogP contribution in [0.5, 0.6) is 5.75 Å². The van der Waals surface area contributed by atoms with E-state index in [1.165, 1.54) is 12.8 Å². The average Bonchev–Trinajstić information content (AvgIpc) is 2.54. The molecule has 0 aromatic heterocycles. The molecule has 130 valence electrons. The van der Waals surface area contributed by atoms with Gasteiger partial charge < -0.3 is 15.4 Å². The van der Waals surface area contributed by atoms with Gasteiger partial charge >= 0.3 is 0 Å². The van der Waals surface area contributed by atoms with E-state index in [-0.39, 0.29) is 18.3 Å². The van der Waals surface area contributed by atoms with Gasteiger partial charge in [0.1, 0.15) is 5.75 Å². The summed E-state index contributed by atoms with van der Waals surface area (Å²) in [5.74, 6) is 1.98. The number of hydrogen-bond donors (Lipinski definition) is 2. The van der Waals surface area contributed by atoms with Crippen LogP contribution in [0.3, 0.4) is 0 Å². The van der Waals surface area contributed by atoms with Crippen LogP contribution in [0.1, 0.15) is 31.7 Å². The monoisotopic (exact) mass is 404 g/mol. The minimum Gasteiger partial charge on any atom is -0.496 e. The Morgan fingerprint density at radius 1 is 1.52 bits per heavy atom. The molecule has 1 aromatic rings. The number of halogens is 2. The van der Waals surface area contributed by atoms with E-state index in [1.54, 1.807) is 7.11 Å². The van der Waals surface area contributed by atoms with Crippen molar-refractivity contribution in [3.8, 4) is 5.75 Å². The minimum absolute atomic E-state index is 0. The first-order valence-electron chi connectivity index (χ1n) is 7.90. The summed E-state index contributed by atoms with van der Waals surface area (Å²) in [6, 6.07) is 5.86. The Labute approximate surface area is 153 Å². The van der Waals surface area contributed by atoms with Crippen molar-refractivity contribution in [3.05, 3.63) is 28.2 Å². The third kappa shape index (κ3) is 6.32. The number of ether oxygens (including phenoxy) is 1. The Bertz CT molecular complexity index is 507. The molecule has 4 nitrogen and oxygen atoms in total. The van der Waals surface area contributed by atoms with E-state index < -0.39 is 0 Å². The van der Waals surface area contributed by atoms with E-state index in [0.29, 0.717) is 24.8 Å². The van der Waals surface area contributed by atoms with Gasteiger partial charge in [-0.2, -0.15) is 0 Å². The fourth-order valence-electron chi connectivity index (χ4n) is 2.92. The molecule has 0 radical (unpaired) electrons. The van der Waals surface area contributed by atoms with Gasteiger partial charge in [-0.3, -0.25) is 4.79 Å². The summed E-state index contributed by atoms with van der Waals surface area (Å²) in [7, 11) is 1.64. The van der Waals surface area contributed by atoms with Gasteiger partial charge in [0.15, 0.2) is 0 Å². The van der Waals surface area contributed by atoms with Crippen LogP contribution in [0, 0.1) is 11.8 Å². The maximum absolute atomic E-state index is 12.1. The fraction of sp³-hybridized carbons (Fsp3) is 0.588. The number of nitrogens with one attached hydrogen (secondary N) is 2. The van der Waals surface area contributed by atoms with Crippen LogP contribution in [-0.4, -0.2) is 26.1 Å². The summed E-state index contributed by atoms with van der Waals surface area (Å²) < 4.78 is 6.11. The normalized spacial score (nSPS) is 18.7. The van der Waals surface area contributed by atoms with Crippen LogP contribution in [0.15, 0.2) is 22.7 Å². The molecular weight excluding hydrogens is 380 g/mol. The van der Waals surface area contributed by atoms with Crippen LogP contribution >= 0.6 is 28.3 Å². The SMILES string of the molecule is COc1ccc(CNC(=O)CC(C)C2CCCNC2)cc1Br.Cl. The maximum atomic E-state index is 12.1. The van der Waals surface area contributed by atoms with Gasteiger partial charge in [-0.05, 0) is 71.4 Å². The van der Waals surface area contributed by atoms with Crippen LogP contribution in [0.2, 0.25) is 0 Å². The van der Waals surface area contributed by atoms with E-state index in [0.717, 1.165) is 28.9 Å². The first-order chi connectivity index (χ1) is 10.6. The summed E-state index contributed by atoms with van der Waals surface area (Å²) in [6.45, 7) is 4.89. The molecule has 1 saturated heterocycles. The van der Waals surface area contributed by atoms with Crippen LogP contribution < -0.4 is 15.4 Å². The molecule has 1 amide bonds. The van der Waals surface area contributed by atoms with Gasteiger partial charge in [0, 0.05) is 13.0 Å². The standard InChI is InChI=1S/C17H25BrN2O2.ClH/c1-12(14-4-3-7-19-11-14)8-17(21)20-10-13-5-6-16(22-2)15(18)9-13;/h5-6,9,12,14,19H,3-4,7-8,10-11H2,1-2H3,(H,20,21);1H. The number of benzene rings is 1. The second-order valence-corrected chi connectivity index (χ2v) is 6.89. The smallest absolute Gasteiger partial charge is 0.220 e.